The first-order chi connectivity index (χ1) is 15.0. The van der Waals surface area contributed by atoms with Crippen LogP contribution in [0.5, 0.6) is 5.75 Å². The van der Waals surface area contributed by atoms with E-state index in [2.05, 4.69) is 51.4 Å². The molecule has 178 valence electrons. The van der Waals surface area contributed by atoms with Gasteiger partial charge in [-0.05, 0) is 57.0 Å². The molecule has 0 spiro atoms. The molecule has 0 amide bonds. The van der Waals surface area contributed by atoms with E-state index in [-0.39, 0.29) is 24.0 Å². The van der Waals surface area contributed by atoms with Crippen molar-refractivity contribution in [3.05, 3.63) is 41.5 Å². The summed E-state index contributed by atoms with van der Waals surface area (Å²) in [5, 5.41) is 12.0. The molecule has 1 saturated heterocycles. The topological polar surface area (TPSA) is 70.8 Å². The normalized spacial score (nSPS) is 16.7. The number of rotatable bonds is 9. The minimum absolute atomic E-state index is 0. The molecule has 0 aliphatic carbocycles. The third kappa shape index (κ3) is 7.06. The fraction of sp³-hybridized carbons (Fsp3) is 0.609. The first-order valence-corrected chi connectivity index (χ1v) is 11.2. The summed E-state index contributed by atoms with van der Waals surface area (Å²) in [7, 11) is 5.81. The van der Waals surface area contributed by atoms with Crippen molar-refractivity contribution in [2.45, 2.75) is 45.7 Å². The Morgan fingerprint density at radius 3 is 2.66 bits per heavy atom. The van der Waals surface area contributed by atoms with Gasteiger partial charge in [-0.25, -0.2) is 4.99 Å². The summed E-state index contributed by atoms with van der Waals surface area (Å²) in [5.74, 6) is 3.57. The summed E-state index contributed by atoms with van der Waals surface area (Å²) >= 11 is 0. The number of aryl methyl sites for hydroxylation is 1. The molecule has 1 unspecified atom stereocenters. The Morgan fingerprint density at radius 1 is 1.28 bits per heavy atom. The Bertz CT molecular complexity index is 853. The summed E-state index contributed by atoms with van der Waals surface area (Å²) in [6.07, 6.45) is 3.45. The van der Waals surface area contributed by atoms with Gasteiger partial charge in [-0.15, -0.1) is 34.2 Å². The lowest BCUT2D eigenvalue weighted by atomic mass is 10.1. The molecule has 1 aromatic carbocycles. The second-order valence-corrected chi connectivity index (χ2v) is 8.19. The van der Waals surface area contributed by atoms with E-state index >= 15 is 0 Å². The fourth-order valence-electron chi connectivity index (χ4n) is 4.08. The zero-order chi connectivity index (χ0) is 22.2. The van der Waals surface area contributed by atoms with Gasteiger partial charge in [-0.3, -0.25) is 4.90 Å². The monoisotopic (exact) mass is 555 g/mol. The Labute approximate surface area is 209 Å². The lowest BCUT2D eigenvalue weighted by Crippen LogP contribution is -2.46. The molecule has 32 heavy (non-hydrogen) atoms. The minimum Gasteiger partial charge on any atom is -0.497 e. The van der Waals surface area contributed by atoms with Crippen molar-refractivity contribution in [1.29, 1.82) is 0 Å². The highest BCUT2D eigenvalue weighted by molar-refractivity contribution is 14.0. The number of methoxy groups -OCH3 is 1. The van der Waals surface area contributed by atoms with Crippen molar-refractivity contribution in [3.63, 3.8) is 0 Å². The second kappa shape index (κ2) is 13.0. The number of hydrogen-bond acceptors (Lipinski definition) is 5. The molecule has 1 aliphatic heterocycles. The van der Waals surface area contributed by atoms with Crippen LogP contribution in [0.2, 0.25) is 0 Å². The van der Waals surface area contributed by atoms with Gasteiger partial charge in [0.25, 0.3) is 0 Å². The van der Waals surface area contributed by atoms with E-state index in [1.54, 1.807) is 7.11 Å². The molecule has 1 atom stereocenters. The number of likely N-dealkylation sites (tertiary alicyclic amines) is 1. The fourth-order valence-corrected chi connectivity index (χ4v) is 4.08. The Balaban J connectivity index is 0.00000363. The molecule has 3 rings (SSSR count). The summed E-state index contributed by atoms with van der Waals surface area (Å²) in [6, 6.07) is 8.82. The number of nitrogens with zero attached hydrogens (tertiary/aromatic N) is 6. The zero-order valence-electron chi connectivity index (χ0n) is 20.0. The Morgan fingerprint density at radius 2 is 2.03 bits per heavy atom. The number of aromatic nitrogens is 3. The predicted octanol–water partition coefficient (Wildman–Crippen LogP) is 2.85. The maximum Gasteiger partial charge on any atom is 0.194 e. The molecule has 0 bridgehead atoms. The van der Waals surface area contributed by atoms with Crippen LogP contribution in [0.15, 0.2) is 29.3 Å². The smallest absolute Gasteiger partial charge is 0.194 e. The number of benzene rings is 1. The lowest BCUT2D eigenvalue weighted by molar-refractivity contribution is 0.232. The molecule has 0 radical (unpaired) electrons. The van der Waals surface area contributed by atoms with Crippen LogP contribution in [0.3, 0.4) is 0 Å². The molecule has 1 aromatic heterocycles. The SMILES string of the molecule is CCN1CCCC1CN(C)C(=NCc1nnc(C)n1C)NCCc1ccc(OC)cc1.I. The third-order valence-electron chi connectivity index (χ3n) is 6.16. The van der Waals surface area contributed by atoms with Crippen LogP contribution < -0.4 is 10.1 Å². The van der Waals surface area contributed by atoms with Crippen LogP contribution in [-0.2, 0) is 20.0 Å². The van der Waals surface area contributed by atoms with Crippen LogP contribution in [-0.4, -0.2) is 76.9 Å². The van der Waals surface area contributed by atoms with Gasteiger partial charge in [0.2, 0.25) is 0 Å². The summed E-state index contributed by atoms with van der Waals surface area (Å²) < 4.78 is 7.25. The first kappa shape index (κ1) is 26.4. The van der Waals surface area contributed by atoms with Gasteiger partial charge in [0.15, 0.2) is 11.8 Å². The molecule has 1 N–H and O–H groups in total. The third-order valence-corrected chi connectivity index (χ3v) is 6.16. The van der Waals surface area contributed by atoms with Crippen molar-refractivity contribution in [2.24, 2.45) is 12.0 Å². The van der Waals surface area contributed by atoms with Crippen molar-refractivity contribution in [3.8, 4) is 5.75 Å². The number of nitrogens with one attached hydrogen (secondary N) is 1. The van der Waals surface area contributed by atoms with Gasteiger partial charge in [0, 0.05) is 33.2 Å². The number of halogens is 1. The first-order valence-electron chi connectivity index (χ1n) is 11.2. The molecule has 2 aromatic rings. The average Bonchev–Trinajstić information content (AvgIpc) is 3.37. The van der Waals surface area contributed by atoms with E-state index in [9.17, 15) is 0 Å². The summed E-state index contributed by atoms with van der Waals surface area (Å²) in [6.45, 7) is 8.81. The van der Waals surface area contributed by atoms with Gasteiger partial charge in [0.05, 0.1) is 7.11 Å². The number of guanidine groups is 1. The van der Waals surface area contributed by atoms with Gasteiger partial charge >= 0.3 is 0 Å². The van der Waals surface area contributed by atoms with E-state index in [1.165, 1.54) is 24.9 Å². The van der Waals surface area contributed by atoms with Crippen LogP contribution in [0.25, 0.3) is 0 Å². The van der Waals surface area contributed by atoms with Gasteiger partial charge < -0.3 is 19.5 Å². The lowest BCUT2D eigenvalue weighted by Gasteiger charge is -2.30. The summed E-state index contributed by atoms with van der Waals surface area (Å²) in [5.41, 5.74) is 1.27. The van der Waals surface area contributed by atoms with Gasteiger partial charge in [-0.2, -0.15) is 0 Å². The highest BCUT2D eigenvalue weighted by Gasteiger charge is 2.25. The van der Waals surface area contributed by atoms with Gasteiger partial charge in [-0.1, -0.05) is 19.1 Å². The van der Waals surface area contributed by atoms with E-state index < -0.39 is 0 Å². The van der Waals surface area contributed by atoms with Crippen LogP contribution >= 0.6 is 24.0 Å². The molecule has 9 heteroatoms. The summed E-state index contributed by atoms with van der Waals surface area (Å²) in [4.78, 5) is 9.72. The van der Waals surface area contributed by atoms with Crippen LogP contribution in [0.1, 0.15) is 37.0 Å². The standard InChI is InChI=1S/C23H37N7O.HI/c1-6-30-15-7-8-20(30)17-28(3)23(25-16-22-27-26-18(2)29(22)4)24-14-13-19-9-11-21(31-5)12-10-19;/h9-12,20H,6-8,13-17H2,1-5H3,(H,24,25);1H. The second-order valence-electron chi connectivity index (χ2n) is 8.19. The van der Waals surface area contributed by atoms with Crippen molar-refractivity contribution >= 4 is 29.9 Å². The largest absolute Gasteiger partial charge is 0.497 e. The van der Waals surface area contributed by atoms with Crippen molar-refractivity contribution < 1.29 is 4.74 Å². The average molecular weight is 556 g/mol. The molecule has 1 fully saturated rings. The van der Waals surface area contributed by atoms with E-state index in [0.717, 1.165) is 49.4 Å². The predicted molar refractivity (Wildman–Crippen MR) is 140 cm³/mol. The quantitative estimate of drug-likeness (QED) is 0.292. The number of aliphatic imine (C=N–C) groups is 1. The molecular weight excluding hydrogens is 517 g/mol. The molecular formula is C23H38IN7O. The van der Waals surface area contributed by atoms with E-state index in [1.807, 2.05) is 30.7 Å². The Hall–Kier alpha value is -1.88. The maximum absolute atomic E-state index is 5.25. The highest BCUT2D eigenvalue weighted by Crippen LogP contribution is 2.17. The number of hydrogen-bond donors (Lipinski definition) is 1. The van der Waals surface area contributed by atoms with Crippen molar-refractivity contribution in [1.82, 2.24) is 29.9 Å². The zero-order valence-corrected chi connectivity index (χ0v) is 22.4. The van der Waals surface area contributed by atoms with Gasteiger partial charge in [0.1, 0.15) is 18.1 Å². The van der Waals surface area contributed by atoms with Crippen LogP contribution in [0, 0.1) is 6.92 Å². The molecule has 2 heterocycles. The highest BCUT2D eigenvalue weighted by atomic mass is 127. The molecule has 1 aliphatic rings. The molecule has 0 saturated carbocycles. The number of likely N-dealkylation sites (N-methyl/N-ethyl adjacent to an activating group) is 2. The van der Waals surface area contributed by atoms with E-state index in [0.29, 0.717) is 12.6 Å². The number of ether oxygens (including phenoxy) is 1. The maximum atomic E-state index is 5.25. The van der Waals surface area contributed by atoms with E-state index in [4.69, 9.17) is 9.73 Å². The Kier molecular flexibility index (Phi) is 10.7. The minimum atomic E-state index is 0. The molecule has 8 nitrogen and oxygen atoms in total. The van der Waals surface area contributed by atoms with Crippen molar-refractivity contribution in [2.75, 3.05) is 40.3 Å². The van der Waals surface area contributed by atoms with Crippen LogP contribution in [0.4, 0.5) is 0 Å².